The Bertz CT molecular complexity index is 393. The van der Waals surface area contributed by atoms with Gasteiger partial charge < -0.3 is 10.1 Å². The van der Waals surface area contributed by atoms with Crippen LogP contribution in [0.5, 0.6) is 0 Å². The van der Waals surface area contributed by atoms with Crippen LogP contribution in [0.4, 0.5) is 0 Å². The Morgan fingerprint density at radius 1 is 1.38 bits per heavy atom. The Labute approximate surface area is 96.4 Å². The lowest BCUT2D eigenvalue weighted by Crippen LogP contribution is -2.30. The van der Waals surface area contributed by atoms with Gasteiger partial charge >= 0.3 is 0 Å². The van der Waals surface area contributed by atoms with E-state index >= 15 is 0 Å². The molecule has 2 aliphatic heterocycles. The standard InChI is InChI=1S/C6H4N2OS.C4H9NO/c9-10-2-1-5-6(10)3-7-4-8-5;1-3-6-4-2-5-1/h1-4H;5H,1-4H2. The van der Waals surface area contributed by atoms with Crippen molar-refractivity contribution in [3.8, 4) is 0 Å². The Hall–Kier alpha value is -1.11. The number of morpholine rings is 1. The molecule has 2 aliphatic rings. The normalized spacial score (nSPS) is 22.1. The van der Waals surface area contributed by atoms with Crippen molar-refractivity contribution in [1.82, 2.24) is 15.3 Å². The van der Waals surface area contributed by atoms with Crippen LogP contribution in [0.1, 0.15) is 5.69 Å². The van der Waals surface area contributed by atoms with Crippen LogP contribution in [0.2, 0.25) is 0 Å². The van der Waals surface area contributed by atoms with Crippen LogP contribution in [-0.4, -0.2) is 40.5 Å². The van der Waals surface area contributed by atoms with Gasteiger partial charge in [0.05, 0.1) is 34.6 Å². The summed E-state index contributed by atoms with van der Waals surface area (Å²) >= 11 is 0. The highest BCUT2D eigenvalue weighted by molar-refractivity contribution is 7.88. The number of fused-ring (bicyclic) bond motifs is 1. The first-order chi connectivity index (χ1) is 7.88. The summed E-state index contributed by atoms with van der Waals surface area (Å²) in [5.41, 5.74) is 0.772. The molecule has 0 amide bonds. The van der Waals surface area contributed by atoms with E-state index in [1.165, 1.54) is 6.33 Å². The maximum Gasteiger partial charge on any atom is 0.116 e. The topological polar surface area (TPSA) is 64.1 Å². The summed E-state index contributed by atoms with van der Waals surface area (Å²) in [6.07, 6.45) is 4.78. The average Bonchev–Trinajstić information content (AvgIpc) is 2.75. The molecule has 1 saturated heterocycles. The predicted octanol–water partition coefficient (Wildman–Crippen LogP) is 0.175. The molecule has 1 fully saturated rings. The Kier molecular flexibility index (Phi) is 4.15. The fourth-order valence-corrected chi connectivity index (χ4v) is 2.21. The molecule has 0 aliphatic carbocycles. The van der Waals surface area contributed by atoms with Gasteiger partial charge in [-0.05, 0) is 6.08 Å². The lowest BCUT2D eigenvalue weighted by Gasteiger charge is -2.10. The van der Waals surface area contributed by atoms with Crippen molar-refractivity contribution in [1.29, 1.82) is 0 Å². The fraction of sp³-hybridized carbons (Fsp3) is 0.400. The third-order valence-corrected chi connectivity index (χ3v) is 3.25. The molecule has 3 heterocycles. The van der Waals surface area contributed by atoms with Gasteiger partial charge in [0.25, 0.3) is 0 Å². The number of aromatic nitrogens is 2. The first-order valence-electron chi connectivity index (χ1n) is 5.05. The summed E-state index contributed by atoms with van der Waals surface area (Å²) in [5.74, 6) is 0. The number of hydrogen-bond donors (Lipinski definition) is 1. The molecule has 3 rings (SSSR count). The molecule has 1 aromatic heterocycles. The zero-order valence-corrected chi connectivity index (χ0v) is 9.57. The molecule has 1 atom stereocenters. The van der Waals surface area contributed by atoms with Crippen LogP contribution in [0, 0.1) is 0 Å². The molecule has 6 heteroatoms. The predicted molar refractivity (Wildman–Crippen MR) is 61.2 cm³/mol. The van der Waals surface area contributed by atoms with E-state index in [1.54, 1.807) is 17.7 Å². The maximum absolute atomic E-state index is 11.0. The quantitative estimate of drug-likeness (QED) is 0.699. The van der Waals surface area contributed by atoms with Crippen LogP contribution in [0.3, 0.4) is 0 Å². The van der Waals surface area contributed by atoms with Gasteiger partial charge in [-0.3, -0.25) is 0 Å². The van der Waals surface area contributed by atoms with Crippen molar-refractivity contribution >= 4 is 16.9 Å². The highest BCUT2D eigenvalue weighted by Gasteiger charge is 2.11. The smallest absolute Gasteiger partial charge is 0.116 e. The number of hydrogen-bond acceptors (Lipinski definition) is 5. The molecule has 0 bridgehead atoms. The van der Waals surface area contributed by atoms with Gasteiger partial charge in [0.15, 0.2) is 0 Å². The van der Waals surface area contributed by atoms with E-state index in [2.05, 4.69) is 15.3 Å². The van der Waals surface area contributed by atoms with Crippen molar-refractivity contribution in [3.05, 3.63) is 23.6 Å². The Morgan fingerprint density at radius 2 is 2.19 bits per heavy atom. The van der Waals surface area contributed by atoms with Gasteiger partial charge in [0, 0.05) is 24.7 Å². The molecule has 0 spiro atoms. The largest absolute Gasteiger partial charge is 0.379 e. The van der Waals surface area contributed by atoms with Crippen molar-refractivity contribution in [2.45, 2.75) is 4.90 Å². The monoisotopic (exact) mass is 239 g/mol. The third kappa shape index (κ3) is 2.94. The lowest BCUT2D eigenvalue weighted by atomic mass is 10.4. The fourth-order valence-electron chi connectivity index (χ4n) is 1.32. The van der Waals surface area contributed by atoms with E-state index < -0.39 is 10.8 Å². The number of nitrogens with zero attached hydrogens (tertiary/aromatic N) is 2. The molecule has 1 aromatic rings. The minimum absolute atomic E-state index is 0.711. The summed E-state index contributed by atoms with van der Waals surface area (Å²) in [4.78, 5) is 8.39. The molecule has 0 radical (unpaired) electrons. The van der Waals surface area contributed by atoms with Gasteiger partial charge in [0.2, 0.25) is 0 Å². The van der Waals surface area contributed by atoms with Crippen LogP contribution >= 0.6 is 0 Å². The second-order valence-electron chi connectivity index (χ2n) is 3.23. The van der Waals surface area contributed by atoms with E-state index in [0.717, 1.165) is 32.0 Å². The molecule has 1 N–H and O–H groups in total. The number of rotatable bonds is 0. The number of ether oxygens (including phenoxy) is 1. The van der Waals surface area contributed by atoms with E-state index in [9.17, 15) is 4.21 Å². The average molecular weight is 239 g/mol. The van der Waals surface area contributed by atoms with Crippen molar-refractivity contribution in [2.24, 2.45) is 0 Å². The molecular weight excluding hydrogens is 226 g/mol. The highest BCUT2D eigenvalue weighted by Crippen LogP contribution is 2.18. The van der Waals surface area contributed by atoms with Crippen LogP contribution in [0.25, 0.3) is 6.08 Å². The van der Waals surface area contributed by atoms with E-state index in [-0.39, 0.29) is 0 Å². The molecular formula is C10H13N3O2S. The van der Waals surface area contributed by atoms with E-state index in [1.807, 2.05) is 0 Å². The first kappa shape index (κ1) is 11.4. The van der Waals surface area contributed by atoms with Gasteiger partial charge in [-0.15, -0.1) is 0 Å². The first-order valence-corrected chi connectivity index (χ1v) is 6.26. The molecule has 16 heavy (non-hydrogen) atoms. The molecule has 5 nitrogen and oxygen atoms in total. The second kappa shape index (κ2) is 5.83. The summed E-state index contributed by atoms with van der Waals surface area (Å²) in [6, 6.07) is 0. The van der Waals surface area contributed by atoms with Crippen LogP contribution in [0.15, 0.2) is 22.8 Å². The summed E-state index contributed by atoms with van der Waals surface area (Å²) in [6.45, 7) is 3.83. The minimum Gasteiger partial charge on any atom is -0.379 e. The second-order valence-corrected chi connectivity index (χ2v) is 4.54. The van der Waals surface area contributed by atoms with Gasteiger partial charge in [-0.1, -0.05) is 0 Å². The lowest BCUT2D eigenvalue weighted by molar-refractivity contribution is 0.109. The van der Waals surface area contributed by atoms with Crippen molar-refractivity contribution in [3.63, 3.8) is 0 Å². The summed E-state index contributed by atoms with van der Waals surface area (Å²) in [7, 11) is -1.00. The maximum atomic E-state index is 11.0. The molecule has 0 aromatic carbocycles. The number of nitrogens with one attached hydrogen (secondary N) is 1. The zero-order valence-electron chi connectivity index (χ0n) is 8.76. The highest BCUT2D eigenvalue weighted by atomic mass is 32.2. The van der Waals surface area contributed by atoms with Crippen LogP contribution < -0.4 is 5.32 Å². The molecule has 86 valence electrons. The van der Waals surface area contributed by atoms with Crippen molar-refractivity contribution < 1.29 is 8.95 Å². The summed E-state index contributed by atoms with van der Waals surface area (Å²) < 4.78 is 16.0. The van der Waals surface area contributed by atoms with Crippen LogP contribution in [-0.2, 0) is 15.5 Å². The SMILES string of the molecule is C1COCCN1.O=S1C=Cc2ncncc21. The minimum atomic E-state index is -1.00. The van der Waals surface area contributed by atoms with Gasteiger partial charge in [0.1, 0.15) is 6.33 Å². The van der Waals surface area contributed by atoms with E-state index in [4.69, 9.17) is 4.74 Å². The summed E-state index contributed by atoms with van der Waals surface area (Å²) in [5, 5.41) is 4.77. The van der Waals surface area contributed by atoms with Gasteiger partial charge in [-0.2, -0.15) is 0 Å². The Balaban J connectivity index is 0.000000138. The molecule has 0 saturated carbocycles. The zero-order chi connectivity index (χ0) is 11.2. The Morgan fingerprint density at radius 3 is 2.75 bits per heavy atom. The van der Waals surface area contributed by atoms with Crippen molar-refractivity contribution in [2.75, 3.05) is 26.3 Å². The molecule has 1 unspecified atom stereocenters. The third-order valence-electron chi connectivity index (χ3n) is 2.12. The van der Waals surface area contributed by atoms with E-state index in [0.29, 0.717) is 4.90 Å². The van der Waals surface area contributed by atoms with Gasteiger partial charge in [-0.25, -0.2) is 14.2 Å².